The average molecular weight is 1170 g/mol. The van der Waals surface area contributed by atoms with E-state index in [1.165, 1.54) is 16.7 Å². The van der Waals surface area contributed by atoms with E-state index in [9.17, 15) is 0 Å². The Kier molecular flexibility index (Phi) is 18.0. The molecule has 0 aliphatic carbocycles. The van der Waals surface area contributed by atoms with E-state index in [1.54, 1.807) is 16.7 Å². The molecule has 0 saturated carbocycles. The second-order valence-corrected chi connectivity index (χ2v) is 90.0. The molecular formula is C55H92S4Si6Sn. The number of hydrogen-bond acceptors (Lipinski definition) is 4. The van der Waals surface area contributed by atoms with E-state index < -0.39 is 64.1 Å². The van der Waals surface area contributed by atoms with Crippen LogP contribution >= 0.6 is 37.5 Å². The molecule has 4 aromatic rings. The van der Waals surface area contributed by atoms with E-state index in [2.05, 4.69) is 282 Å². The molecule has 1 aliphatic rings. The van der Waals surface area contributed by atoms with Gasteiger partial charge in [-0.25, -0.2) is 0 Å². The Morgan fingerprint density at radius 3 is 0.924 bits per heavy atom. The minimum atomic E-state index is -4.15. The third-order valence-electron chi connectivity index (χ3n) is 14.0. The third-order valence-corrected chi connectivity index (χ3v) is 85.6. The molecule has 1 fully saturated rings. The fourth-order valence-corrected chi connectivity index (χ4v) is 110. The molecule has 0 radical (unpaired) electrons. The molecule has 1 heterocycles. The molecule has 66 heavy (non-hydrogen) atoms. The van der Waals surface area contributed by atoms with Crippen LogP contribution in [0.3, 0.4) is 0 Å². The van der Waals surface area contributed by atoms with Gasteiger partial charge < -0.3 is 0 Å². The van der Waals surface area contributed by atoms with Crippen LogP contribution < -0.4 is 7.16 Å². The molecule has 4 aromatic carbocycles. The van der Waals surface area contributed by atoms with Crippen molar-refractivity contribution >= 4 is 109 Å². The Morgan fingerprint density at radius 1 is 0.364 bits per heavy atom. The molecular weight excluding hydrogens is 1080 g/mol. The van der Waals surface area contributed by atoms with Gasteiger partial charge in [-0.2, -0.15) is 0 Å². The van der Waals surface area contributed by atoms with Gasteiger partial charge in [-0.1, -0.05) is 0 Å². The molecule has 0 N–H and O–H groups in total. The zero-order chi connectivity index (χ0) is 50.0. The van der Waals surface area contributed by atoms with E-state index in [0.717, 1.165) is 0 Å². The van der Waals surface area contributed by atoms with Crippen molar-refractivity contribution in [3.63, 3.8) is 0 Å². The van der Waals surface area contributed by atoms with Crippen molar-refractivity contribution < 1.29 is 0 Å². The summed E-state index contributed by atoms with van der Waals surface area (Å²) in [6, 6.07) is 34.7. The molecule has 0 amide bonds. The average Bonchev–Trinajstić information content (AvgIpc) is 3.14. The van der Waals surface area contributed by atoms with Gasteiger partial charge in [-0.15, -0.1) is 0 Å². The maximum atomic E-state index is 3.02. The van der Waals surface area contributed by atoms with Gasteiger partial charge in [0.15, 0.2) is 0 Å². The number of benzene rings is 4. The molecule has 0 atom stereocenters. The molecule has 0 bridgehead atoms. The van der Waals surface area contributed by atoms with Crippen molar-refractivity contribution in [2.75, 3.05) is 0 Å². The molecule has 0 aromatic heterocycles. The molecule has 11 heteroatoms. The first-order valence-corrected chi connectivity index (χ1v) is 60.8. The summed E-state index contributed by atoms with van der Waals surface area (Å²) in [7, 11) is -1.08. The summed E-state index contributed by atoms with van der Waals surface area (Å²) in [4.78, 5) is 0. The van der Waals surface area contributed by atoms with Crippen LogP contribution in [-0.4, -0.2) is 64.1 Å². The van der Waals surface area contributed by atoms with Crippen molar-refractivity contribution in [2.45, 2.75) is 197 Å². The van der Waals surface area contributed by atoms with Crippen molar-refractivity contribution in [1.29, 1.82) is 0 Å². The van der Waals surface area contributed by atoms with E-state index >= 15 is 0 Å². The van der Waals surface area contributed by atoms with E-state index in [4.69, 9.17) is 0 Å². The Bertz CT molecular complexity index is 2120. The predicted molar refractivity (Wildman–Crippen MR) is 333 cm³/mol. The summed E-state index contributed by atoms with van der Waals surface area (Å²) in [6.07, 6.45) is 0. The number of rotatable bonds is 16. The standard InChI is InChI=1S/C27H59Si6.C15H23.C13H12S4.Sn/c1-28(2,3)25(29(4,5)6)22-19-23(26(30(7,8)9)31(10,11)12)21-24(20-22)27(32(13,14)15)33(16,17)18;1-10(2)13-7-14(11(3)4)9-15(8-13)12(5)6;14-16-13(17-15,11-7-3-1-4-8-11)12-9-5-2-6-10-12;/h19-20,25-27H,1-18H3;7-8,10-12H,1-6H3;1-10,14-15H;/q;;;+2/p-2. The van der Waals surface area contributed by atoms with Gasteiger partial charge in [0.25, 0.3) is 0 Å². The topological polar surface area (TPSA) is 0 Å². The monoisotopic (exact) mass is 1170 g/mol. The van der Waals surface area contributed by atoms with Gasteiger partial charge in [-0.05, 0) is 0 Å². The molecule has 1 aliphatic heterocycles. The quantitative estimate of drug-likeness (QED) is 0.0810. The third kappa shape index (κ3) is 12.1. The van der Waals surface area contributed by atoms with Gasteiger partial charge in [-0.3, -0.25) is 0 Å². The van der Waals surface area contributed by atoms with E-state index in [-0.39, 0.29) is 4.08 Å². The molecule has 0 spiro atoms. The number of hydrogen-bond donors (Lipinski definition) is 0. The first kappa shape index (κ1) is 57.3. The first-order chi connectivity index (χ1) is 30.0. The van der Waals surface area contributed by atoms with Gasteiger partial charge in [0.1, 0.15) is 0 Å². The molecule has 0 nitrogen and oxygen atoms in total. The summed E-state index contributed by atoms with van der Waals surface area (Å²) >= 11 is -4.15. The van der Waals surface area contributed by atoms with Crippen molar-refractivity contribution in [3.05, 3.63) is 129 Å². The normalized spacial score (nSPS) is 16.7. The summed E-state index contributed by atoms with van der Waals surface area (Å²) in [5.41, 5.74) is 13.2. The SMILES string of the molecule is CC(C)c1cc(C(C)C)[c]([Sn]2([c]3c(C([Si](C)(C)C)[Si](C)(C)C)cc(C([Si](C)(C)C)[Si](C)(C)C)cc3C([Si](C)(C)C)[Si](C)(C)C)[S]SC(c3ccccc3)(c3ccccc3)S[S]2)c(C(C)C)c1. The second kappa shape index (κ2) is 20.7. The Hall–Kier alpha value is 0.380. The van der Waals surface area contributed by atoms with Gasteiger partial charge in [0.05, 0.1) is 0 Å². The first-order valence-electron chi connectivity index (χ1n) is 25.2. The second-order valence-electron chi connectivity index (χ2n) is 27.4. The van der Waals surface area contributed by atoms with Crippen LogP contribution in [0, 0.1) is 0 Å². The van der Waals surface area contributed by atoms with Crippen LogP contribution in [0.25, 0.3) is 0 Å². The van der Waals surface area contributed by atoms with Gasteiger partial charge >= 0.3 is 435 Å². The zero-order valence-electron chi connectivity index (χ0n) is 46.2. The summed E-state index contributed by atoms with van der Waals surface area (Å²) in [5.74, 6) is 1.34. The molecule has 5 rings (SSSR count). The molecule has 1 saturated heterocycles. The van der Waals surface area contributed by atoms with Crippen molar-refractivity contribution in [3.8, 4) is 0 Å². The zero-order valence-corrected chi connectivity index (χ0v) is 58.3. The van der Waals surface area contributed by atoms with Crippen molar-refractivity contribution in [1.82, 2.24) is 0 Å². The molecule has 364 valence electrons. The fourth-order valence-electron chi connectivity index (χ4n) is 13.0. The fraction of sp³-hybridized carbons (Fsp3) is 0.564. The van der Waals surface area contributed by atoms with Crippen LogP contribution in [0.2, 0.25) is 118 Å². The maximum absolute atomic E-state index is 4.15. The van der Waals surface area contributed by atoms with E-state index in [1.807, 2.05) is 18.3 Å². The van der Waals surface area contributed by atoms with Crippen LogP contribution in [0.5, 0.6) is 0 Å². The Morgan fingerprint density at radius 2 is 0.652 bits per heavy atom. The predicted octanol–water partition coefficient (Wildman–Crippen LogP) is 18.8. The minimum absolute atomic E-state index is 0.235. The van der Waals surface area contributed by atoms with Gasteiger partial charge in [0, 0.05) is 0 Å². The van der Waals surface area contributed by atoms with E-state index in [0.29, 0.717) is 33.2 Å². The van der Waals surface area contributed by atoms with Gasteiger partial charge in [0.2, 0.25) is 0 Å². The van der Waals surface area contributed by atoms with Crippen LogP contribution in [0.1, 0.15) is 119 Å². The van der Waals surface area contributed by atoms with Crippen LogP contribution in [0.15, 0.2) is 84.9 Å². The van der Waals surface area contributed by atoms with Crippen LogP contribution in [0.4, 0.5) is 0 Å². The summed E-state index contributed by atoms with van der Waals surface area (Å²) in [6.45, 7) is 64.3. The van der Waals surface area contributed by atoms with Crippen LogP contribution in [-0.2, 0) is 4.08 Å². The summed E-state index contributed by atoms with van der Waals surface area (Å²) < 4.78 is 3.55. The van der Waals surface area contributed by atoms with Crippen molar-refractivity contribution in [2.24, 2.45) is 0 Å². The summed E-state index contributed by atoms with van der Waals surface area (Å²) in [5, 5.41) is 1.98. The Balaban J connectivity index is 2.20. The Labute approximate surface area is 430 Å². The molecule has 0 unspecified atom stereocenters.